The molecule has 1 aromatic heterocycles. The molecule has 0 radical (unpaired) electrons. The van der Waals surface area contributed by atoms with Crippen LogP contribution in [0.15, 0.2) is 27.8 Å². The van der Waals surface area contributed by atoms with E-state index in [9.17, 15) is 4.79 Å². The van der Waals surface area contributed by atoms with Gasteiger partial charge in [-0.1, -0.05) is 11.8 Å². The summed E-state index contributed by atoms with van der Waals surface area (Å²) in [7, 11) is 3.17. The number of hydrogen-bond acceptors (Lipinski definition) is 7. The maximum absolute atomic E-state index is 11.5. The Labute approximate surface area is 144 Å². The van der Waals surface area contributed by atoms with Crippen LogP contribution in [-0.4, -0.2) is 42.6 Å². The summed E-state index contributed by atoms with van der Waals surface area (Å²) in [5.74, 6) is 2.70. The molecular weight excluding hydrogens is 330 g/mol. The Morgan fingerprint density at radius 3 is 2.83 bits per heavy atom. The summed E-state index contributed by atoms with van der Waals surface area (Å²) in [5, 5.41) is 11.5. The fourth-order valence-electron chi connectivity index (χ4n) is 2.56. The third kappa shape index (κ3) is 3.64. The van der Waals surface area contributed by atoms with Gasteiger partial charge in [0.1, 0.15) is 0 Å². The van der Waals surface area contributed by atoms with Crippen LogP contribution in [0.4, 0.5) is 0 Å². The second-order valence-electron chi connectivity index (χ2n) is 5.36. The molecule has 128 valence electrons. The molecule has 2 heterocycles. The number of nitrogens with one attached hydrogen (secondary N) is 1. The van der Waals surface area contributed by atoms with E-state index in [2.05, 4.69) is 15.5 Å². The molecule has 24 heavy (non-hydrogen) atoms. The number of carbonyl (C=O) groups excluding carboxylic acids is 1. The Kier molecular flexibility index (Phi) is 5.24. The van der Waals surface area contributed by atoms with E-state index in [1.54, 1.807) is 26.4 Å². The number of carbonyl (C=O) groups is 1. The van der Waals surface area contributed by atoms with Crippen LogP contribution < -0.4 is 14.8 Å². The number of amides is 1. The number of aromatic nitrogens is 2. The third-order valence-corrected chi connectivity index (χ3v) is 4.74. The summed E-state index contributed by atoms with van der Waals surface area (Å²) in [6.07, 6.45) is 1.71. The minimum atomic E-state index is 0.103. The summed E-state index contributed by atoms with van der Waals surface area (Å²) >= 11 is 1.47. The van der Waals surface area contributed by atoms with Gasteiger partial charge in [0.2, 0.25) is 11.8 Å². The molecule has 2 aromatic rings. The number of thioether (sulfide) groups is 1. The molecule has 7 nitrogen and oxygen atoms in total. The molecule has 1 aliphatic rings. The number of benzene rings is 1. The minimum absolute atomic E-state index is 0.103. The smallest absolute Gasteiger partial charge is 0.276 e. The maximum Gasteiger partial charge on any atom is 0.276 e. The fourth-order valence-corrected chi connectivity index (χ4v) is 3.38. The van der Waals surface area contributed by atoms with E-state index in [1.165, 1.54) is 11.8 Å². The van der Waals surface area contributed by atoms with Gasteiger partial charge in [-0.25, -0.2) is 0 Å². The zero-order valence-electron chi connectivity index (χ0n) is 13.6. The average Bonchev–Trinajstić information content (AvgIpc) is 3.24. The molecule has 0 bridgehead atoms. The molecule has 1 saturated heterocycles. The number of hydrogen-bond donors (Lipinski definition) is 1. The van der Waals surface area contributed by atoms with E-state index in [1.807, 2.05) is 6.07 Å². The molecule has 1 fully saturated rings. The first-order chi connectivity index (χ1) is 11.7. The molecule has 1 N–H and O–H groups in total. The van der Waals surface area contributed by atoms with Crippen LogP contribution in [-0.2, 0) is 4.79 Å². The highest BCUT2D eigenvalue weighted by Crippen LogP contribution is 2.32. The Morgan fingerprint density at radius 1 is 1.29 bits per heavy atom. The van der Waals surface area contributed by atoms with Crippen LogP contribution in [0.25, 0.3) is 11.5 Å². The lowest BCUT2D eigenvalue weighted by molar-refractivity contribution is -0.122. The van der Waals surface area contributed by atoms with Crippen molar-refractivity contribution in [3.8, 4) is 23.0 Å². The molecule has 1 amide bonds. The largest absolute Gasteiger partial charge is 0.493 e. The standard InChI is InChI=1S/C16H19N3O4S/c1-21-12-4-3-11(9-13(12)22-2)15-18-19-16(23-15)24-8-6-10-5-7-17-14(10)20/h3-4,9-10H,5-8H2,1-2H3,(H,17,20)/t10-/m1/s1. The van der Waals surface area contributed by atoms with Gasteiger partial charge in [0.25, 0.3) is 5.22 Å². The zero-order valence-corrected chi connectivity index (χ0v) is 14.4. The van der Waals surface area contributed by atoms with Gasteiger partial charge in [-0.3, -0.25) is 4.79 Å². The lowest BCUT2D eigenvalue weighted by Gasteiger charge is -2.07. The van der Waals surface area contributed by atoms with Crippen molar-refractivity contribution in [1.82, 2.24) is 15.5 Å². The second kappa shape index (κ2) is 7.57. The van der Waals surface area contributed by atoms with Crippen molar-refractivity contribution < 1.29 is 18.7 Å². The van der Waals surface area contributed by atoms with Crippen LogP contribution in [0, 0.1) is 5.92 Å². The summed E-state index contributed by atoms with van der Waals surface area (Å²) in [4.78, 5) is 11.5. The van der Waals surface area contributed by atoms with E-state index in [4.69, 9.17) is 13.9 Å². The average molecular weight is 349 g/mol. The fraction of sp³-hybridized carbons (Fsp3) is 0.438. The third-order valence-electron chi connectivity index (χ3n) is 3.89. The van der Waals surface area contributed by atoms with Crippen molar-refractivity contribution in [2.75, 3.05) is 26.5 Å². The molecule has 0 spiro atoms. The van der Waals surface area contributed by atoms with E-state index in [0.29, 0.717) is 22.6 Å². The summed E-state index contributed by atoms with van der Waals surface area (Å²) < 4.78 is 16.2. The zero-order chi connectivity index (χ0) is 16.9. The molecule has 3 rings (SSSR count). The van der Waals surface area contributed by atoms with Crippen LogP contribution >= 0.6 is 11.8 Å². The van der Waals surface area contributed by atoms with Gasteiger partial charge in [0.15, 0.2) is 11.5 Å². The number of ether oxygens (including phenoxy) is 2. The molecule has 1 aliphatic heterocycles. The Morgan fingerprint density at radius 2 is 2.12 bits per heavy atom. The summed E-state index contributed by atoms with van der Waals surface area (Å²) in [6, 6.07) is 5.43. The van der Waals surface area contributed by atoms with Crippen molar-refractivity contribution >= 4 is 17.7 Å². The maximum atomic E-state index is 11.5. The predicted molar refractivity (Wildman–Crippen MR) is 89.3 cm³/mol. The first-order valence-corrected chi connectivity index (χ1v) is 8.66. The molecular formula is C16H19N3O4S. The molecule has 0 unspecified atom stereocenters. The quantitative estimate of drug-likeness (QED) is 0.768. The van der Waals surface area contributed by atoms with Crippen LogP contribution in [0.3, 0.4) is 0 Å². The normalized spacial score (nSPS) is 16.9. The van der Waals surface area contributed by atoms with Gasteiger partial charge in [0.05, 0.1) is 14.2 Å². The van der Waals surface area contributed by atoms with E-state index in [0.717, 1.165) is 30.7 Å². The van der Waals surface area contributed by atoms with Crippen molar-refractivity contribution in [2.45, 2.75) is 18.1 Å². The van der Waals surface area contributed by atoms with Crippen molar-refractivity contribution in [3.05, 3.63) is 18.2 Å². The summed E-state index contributed by atoms with van der Waals surface area (Å²) in [6.45, 7) is 0.776. The van der Waals surface area contributed by atoms with E-state index in [-0.39, 0.29) is 11.8 Å². The van der Waals surface area contributed by atoms with Crippen LogP contribution in [0.5, 0.6) is 11.5 Å². The van der Waals surface area contributed by atoms with Crippen molar-refractivity contribution in [3.63, 3.8) is 0 Å². The molecule has 8 heteroatoms. The molecule has 1 aromatic carbocycles. The van der Waals surface area contributed by atoms with Crippen molar-refractivity contribution in [1.29, 1.82) is 0 Å². The highest BCUT2D eigenvalue weighted by molar-refractivity contribution is 7.99. The SMILES string of the molecule is COc1ccc(-c2nnc(SCC[C@H]3CCNC3=O)o2)cc1OC. The highest BCUT2D eigenvalue weighted by atomic mass is 32.2. The lowest BCUT2D eigenvalue weighted by atomic mass is 10.1. The van der Waals surface area contributed by atoms with Crippen LogP contribution in [0.1, 0.15) is 12.8 Å². The van der Waals surface area contributed by atoms with Crippen molar-refractivity contribution in [2.24, 2.45) is 5.92 Å². The van der Waals surface area contributed by atoms with Crippen LogP contribution in [0.2, 0.25) is 0 Å². The van der Waals surface area contributed by atoms with Gasteiger partial charge < -0.3 is 19.2 Å². The highest BCUT2D eigenvalue weighted by Gasteiger charge is 2.23. The van der Waals surface area contributed by atoms with Gasteiger partial charge in [-0.2, -0.15) is 0 Å². The minimum Gasteiger partial charge on any atom is -0.493 e. The summed E-state index contributed by atoms with van der Waals surface area (Å²) in [5.41, 5.74) is 0.766. The first-order valence-electron chi connectivity index (χ1n) is 7.67. The van der Waals surface area contributed by atoms with Gasteiger partial charge in [-0.05, 0) is 31.0 Å². The van der Waals surface area contributed by atoms with Gasteiger partial charge >= 0.3 is 0 Å². The Hall–Kier alpha value is -2.22. The number of methoxy groups -OCH3 is 2. The Balaban J connectivity index is 1.61. The predicted octanol–water partition coefficient (Wildman–Crippen LogP) is 2.37. The first kappa shape index (κ1) is 16.6. The monoisotopic (exact) mass is 349 g/mol. The molecule has 0 aliphatic carbocycles. The van der Waals surface area contributed by atoms with E-state index >= 15 is 0 Å². The molecule has 0 saturated carbocycles. The number of rotatable bonds is 7. The lowest BCUT2D eigenvalue weighted by Crippen LogP contribution is -2.19. The van der Waals surface area contributed by atoms with Gasteiger partial charge in [0, 0.05) is 23.8 Å². The second-order valence-corrected chi connectivity index (χ2v) is 6.40. The van der Waals surface area contributed by atoms with E-state index < -0.39 is 0 Å². The molecule has 1 atom stereocenters. The Bertz CT molecular complexity index is 719. The number of nitrogens with zero attached hydrogens (tertiary/aromatic N) is 2. The topological polar surface area (TPSA) is 86.5 Å². The van der Waals surface area contributed by atoms with Gasteiger partial charge in [-0.15, -0.1) is 10.2 Å².